The first kappa shape index (κ1) is 14.8. The normalized spacial score (nSPS) is 23.3. The third-order valence-corrected chi connectivity index (χ3v) is 4.54. The lowest BCUT2D eigenvalue weighted by molar-refractivity contribution is -0.187. The van der Waals surface area contributed by atoms with E-state index in [-0.39, 0.29) is 11.8 Å². The van der Waals surface area contributed by atoms with Gasteiger partial charge in [-0.15, -0.1) is 0 Å². The molecule has 2 fully saturated rings. The average Bonchev–Trinajstić information content (AvgIpc) is 2.99. The second kappa shape index (κ2) is 6.32. The summed E-state index contributed by atoms with van der Waals surface area (Å²) in [5.41, 5.74) is 7.20. The Kier molecular flexibility index (Phi) is 4.45. The minimum atomic E-state index is -0.337. The highest BCUT2D eigenvalue weighted by molar-refractivity contribution is 5.36. The standard InChI is InChI=1S/C16H24N2O3/c1-19-15-5-3-2-4-13(15)14(12-17)18-8-6-16(7-9-18)20-10-11-21-16/h2-5,14H,6-12,17H2,1H3. The van der Waals surface area contributed by atoms with Gasteiger partial charge in [0.15, 0.2) is 5.79 Å². The Hall–Kier alpha value is -1.14. The lowest BCUT2D eigenvalue weighted by Crippen LogP contribution is -2.47. The molecule has 2 saturated heterocycles. The number of para-hydroxylation sites is 1. The summed E-state index contributed by atoms with van der Waals surface area (Å²) >= 11 is 0. The van der Waals surface area contributed by atoms with Crippen LogP contribution in [0.1, 0.15) is 24.4 Å². The summed E-state index contributed by atoms with van der Waals surface area (Å²) < 4.78 is 17.1. The van der Waals surface area contributed by atoms with Crippen molar-refractivity contribution in [3.8, 4) is 5.75 Å². The van der Waals surface area contributed by atoms with Crippen molar-refractivity contribution in [2.45, 2.75) is 24.7 Å². The number of nitrogens with zero attached hydrogens (tertiary/aromatic N) is 1. The summed E-state index contributed by atoms with van der Waals surface area (Å²) in [6.07, 6.45) is 1.80. The fraction of sp³-hybridized carbons (Fsp3) is 0.625. The number of piperidine rings is 1. The Labute approximate surface area is 126 Å². The van der Waals surface area contributed by atoms with E-state index in [1.165, 1.54) is 0 Å². The van der Waals surface area contributed by atoms with Crippen molar-refractivity contribution in [1.29, 1.82) is 0 Å². The van der Waals surface area contributed by atoms with Gasteiger partial charge >= 0.3 is 0 Å². The number of rotatable bonds is 4. The highest BCUT2D eigenvalue weighted by Crippen LogP contribution is 2.36. The number of hydrogen-bond donors (Lipinski definition) is 1. The molecule has 2 N–H and O–H groups in total. The maximum atomic E-state index is 6.04. The summed E-state index contributed by atoms with van der Waals surface area (Å²) in [5, 5.41) is 0. The molecule has 1 aromatic carbocycles. The van der Waals surface area contributed by atoms with Gasteiger partial charge in [-0.05, 0) is 6.07 Å². The van der Waals surface area contributed by atoms with Crippen molar-refractivity contribution < 1.29 is 14.2 Å². The van der Waals surface area contributed by atoms with Crippen molar-refractivity contribution in [1.82, 2.24) is 4.90 Å². The predicted octanol–water partition coefficient (Wildman–Crippen LogP) is 1.53. The SMILES string of the molecule is COc1ccccc1C(CN)N1CCC2(CC1)OCCO2. The molecule has 0 aliphatic carbocycles. The highest BCUT2D eigenvalue weighted by Gasteiger charge is 2.41. The molecule has 2 aliphatic heterocycles. The molecule has 1 aromatic rings. The molecule has 1 unspecified atom stereocenters. The first-order valence-corrected chi connectivity index (χ1v) is 7.63. The van der Waals surface area contributed by atoms with Crippen LogP contribution in [-0.2, 0) is 9.47 Å². The number of methoxy groups -OCH3 is 1. The molecule has 1 spiro atoms. The zero-order valence-corrected chi connectivity index (χ0v) is 12.6. The minimum Gasteiger partial charge on any atom is -0.496 e. The number of nitrogens with two attached hydrogens (primary N) is 1. The zero-order valence-electron chi connectivity index (χ0n) is 12.6. The van der Waals surface area contributed by atoms with Crippen LogP contribution in [0.25, 0.3) is 0 Å². The van der Waals surface area contributed by atoms with E-state index in [1.54, 1.807) is 7.11 Å². The van der Waals surface area contributed by atoms with E-state index in [4.69, 9.17) is 19.9 Å². The van der Waals surface area contributed by atoms with Crippen LogP contribution in [0.5, 0.6) is 5.75 Å². The maximum absolute atomic E-state index is 6.04. The molecule has 0 bridgehead atoms. The van der Waals surface area contributed by atoms with Gasteiger partial charge in [0.05, 0.1) is 26.4 Å². The van der Waals surface area contributed by atoms with E-state index in [0.29, 0.717) is 19.8 Å². The van der Waals surface area contributed by atoms with Crippen molar-refractivity contribution in [2.75, 3.05) is 40.0 Å². The summed E-state index contributed by atoms with van der Waals surface area (Å²) in [7, 11) is 1.71. The zero-order chi connectivity index (χ0) is 14.7. The molecule has 2 aliphatic rings. The van der Waals surface area contributed by atoms with Gasteiger partial charge in [-0.3, -0.25) is 4.90 Å². The highest BCUT2D eigenvalue weighted by atomic mass is 16.7. The van der Waals surface area contributed by atoms with Gasteiger partial charge in [0.1, 0.15) is 5.75 Å². The van der Waals surface area contributed by atoms with Gasteiger partial charge in [-0.1, -0.05) is 18.2 Å². The van der Waals surface area contributed by atoms with E-state index in [0.717, 1.165) is 37.2 Å². The Morgan fingerprint density at radius 1 is 1.24 bits per heavy atom. The quantitative estimate of drug-likeness (QED) is 0.912. The second-order valence-corrected chi connectivity index (χ2v) is 5.64. The summed E-state index contributed by atoms with van der Waals surface area (Å²) in [6, 6.07) is 8.30. The number of benzene rings is 1. The fourth-order valence-electron chi connectivity index (χ4n) is 3.38. The van der Waals surface area contributed by atoms with Crippen molar-refractivity contribution in [2.24, 2.45) is 5.73 Å². The van der Waals surface area contributed by atoms with Gasteiger partial charge in [0.25, 0.3) is 0 Å². The van der Waals surface area contributed by atoms with E-state index in [9.17, 15) is 0 Å². The molecule has 116 valence electrons. The molecule has 0 radical (unpaired) electrons. The molecule has 2 heterocycles. The van der Waals surface area contributed by atoms with Gasteiger partial charge in [-0.2, -0.15) is 0 Å². The molecule has 0 saturated carbocycles. The van der Waals surface area contributed by atoms with Crippen LogP contribution in [0.4, 0.5) is 0 Å². The van der Waals surface area contributed by atoms with Crippen molar-refractivity contribution in [3.05, 3.63) is 29.8 Å². The van der Waals surface area contributed by atoms with E-state index >= 15 is 0 Å². The van der Waals surface area contributed by atoms with Crippen molar-refractivity contribution >= 4 is 0 Å². The third kappa shape index (κ3) is 2.92. The van der Waals surface area contributed by atoms with Gasteiger partial charge < -0.3 is 19.9 Å². The Morgan fingerprint density at radius 3 is 2.52 bits per heavy atom. The fourth-order valence-corrected chi connectivity index (χ4v) is 3.38. The number of ether oxygens (including phenoxy) is 3. The van der Waals surface area contributed by atoms with Crippen molar-refractivity contribution in [3.63, 3.8) is 0 Å². The van der Waals surface area contributed by atoms with E-state index < -0.39 is 0 Å². The van der Waals surface area contributed by atoms with Crippen LogP contribution < -0.4 is 10.5 Å². The Bertz CT molecular complexity index is 464. The molecule has 0 amide bonds. The van der Waals surface area contributed by atoms with Crippen LogP contribution >= 0.6 is 0 Å². The summed E-state index contributed by atoms with van der Waals surface area (Å²) in [4.78, 5) is 2.41. The van der Waals surface area contributed by atoms with Gasteiger partial charge in [0.2, 0.25) is 0 Å². The van der Waals surface area contributed by atoms with Gasteiger partial charge in [0, 0.05) is 38.0 Å². The van der Waals surface area contributed by atoms with E-state index in [2.05, 4.69) is 11.0 Å². The van der Waals surface area contributed by atoms with Crippen LogP contribution in [-0.4, -0.2) is 50.6 Å². The Morgan fingerprint density at radius 2 is 1.90 bits per heavy atom. The molecular weight excluding hydrogens is 268 g/mol. The molecule has 0 aromatic heterocycles. The van der Waals surface area contributed by atoms with Crippen LogP contribution in [0.15, 0.2) is 24.3 Å². The monoisotopic (exact) mass is 292 g/mol. The predicted molar refractivity (Wildman–Crippen MR) is 80.2 cm³/mol. The molecule has 5 nitrogen and oxygen atoms in total. The largest absolute Gasteiger partial charge is 0.496 e. The molecule has 21 heavy (non-hydrogen) atoms. The topological polar surface area (TPSA) is 57.0 Å². The summed E-state index contributed by atoms with van der Waals surface area (Å²) in [6.45, 7) is 3.87. The Balaban J connectivity index is 1.72. The second-order valence-electron chi connectivity index (χ2n) is 5.64. The van der Waals surface area contributed by atoms with Gasteiger partial charge in [-0.25, -0.2) is 0 Å². The number of hydrogen-bond acceptors (Lipinski definition) is 5. The maximum Gasteiger partial charge on any atom is 0.170 e. The lowest BCUT2D eigenvalue weighted by Gasteiger charge is -2.41. The van der Waals surface area contributed by atoms with Crippen LogP contribution in [0.3, 0.4) is 0 Å². The van der Waals surface area contributed by atoms with E-state index in [1.807, 2.05) is 18.2 Å². The first-order chi connectivity index (χ1) is 10.3. The molecule has 1 atom stereocenters. The smallest absolute Gasteiger partial charge is 0.170 e. The average molecular weight is 292 g/mol. The first-order valence-electron chi connectivity index (χ1n) is 7.63. The molecule has 3 rings (SSSR count). The molecule has 5 heteroatoms. The molecular formula is C16H24N2O3. The minimum absolute atomic E-state index is 0.180. The lowest BCUT2D eigenvalue weighted by atomic mass is 9.98. The number of likely N-dealkylation sites (tertiary alicyclic amines) is 1. The summed E-state index contributed by atoms with van der Waals surface area (Å²) in [5.74, 6) is 0.567. The third-order valence-electron chi connectivity index (χ3n) is 4.54. The van der Waals surface area contributed by atoms with Crippen LogP contribution in [0, 0.1) is 0 Å². The van der Waals surface area contributed by atoms with Crippen LogP contribution in [0.2, 0.25) is 0 Å².